The Labute approximate surface area is 121 Å². The maximum Gasteiger partial charge on any atom is 0.330 e. The first-order valence-electron chi connectivity index (χ1n) is 7.03. The molecule has 3 rings (SSSR count). The van der Waals surface area contributed by atoms with Gasteiger partial charge in [0.15, 0.2) is 5.65 Å². The van der Waals surface area contributed by atoms with Crippen molar-refractivity contribution in [1.29, 1.82) is 0 Å². The highest BCUT2D eigenvalue weighted by Crippen LogP contribution is 2.18. The second-order valence-electron chi connectivity index (χ2n) is 5.20. The molecule has 1 aliphatic carbocycles. The van der Waals surface area contributed by atoms with Gasteiger partial charge in [-0.05, 0) is 25.0 Å². The van der Waals surface area contributed by atoms with Crippen LogP contribution in [0, 0.1) is 0 Å². The lowest BCUT2D eigenvalue weighted by Gasteiger charge is -2.04. The predicted molar refractivity (Wildman–Crippen MR) is 77.0 cm³/mol. The lowest BCUT2D eigenvalue weighted by Crippen LogP contribution is -2.34. The van der Waals surface area contributed by atoms with Crippen molar-refractivity contribution < 1.29 is 9.53 Å². The van der Waals surface area contributed by atoms with Crippen LogP contribution in [0.4, 0.5) is 0 Å². The summed E-state index contributed by atoms with van der Waals surface area (Å²) in [6.07, 6.45) is 3.69. The standard InChI is InChI=1S/C14H18N4O3/c1-21-8-7-17-13-11(3-2-6-15-13)18(14(17)20)9-12(19)16-10-4-5-10/h2-3,6,10H,4-5,7-9H2,1H3,(H,16,19). The summed E-state index contributed by atoms with van der Waals surface area (Å²) in [5, 5.41) is 2.89. The molecule has 2 aromatic heterocycles. The van der Waals surface area contributed by atoms with Crippen molar-refractivity contribution >= 4 is 17.1 Å². The summed E-state index contributed by atoms with van der Waals surface area (Å²) in [4.78, 5) is 28.7. The Kier molecular flexibility index (Phi) is 3.74. The molecule has 7 nitrogen and oxygen atoms in total. The number of hydrogen-bond acceptors (Lipinski definition) is 4. The van der Waals surface area contributed by atoms with Crippen molar-refractivity contribution in [3.8, 4) is 0 Å². The number of imidazole rings is 1. The second kappa shape index (κ2) is 5.69. The van der Waals surface area contributed by atoms with Crippen LogP contribution in [0.15, 0.2) is 23.1 Å². The number of fused-ring (bicyclic) bond motifs is 1. The Morgan fingerprint density at radius 3 is 3.00 bits per heavy atom. The van der Waals surface area contributed by atoms with Gasteiger partial charge >= 0.3 is 5.69 Å². The van der Waals surface area contributed by atoms with Gasteiger partial charge in [-0.1, -0.05) is 0 Å². The number of aromatic nitrogens is 3. The minimum Gasteiger partial charge on any atom is -0.383 e. The van der Waals surface area contributed by atoms with Crippen LogP contribution in [0.2, 0.25) is 0 Å². The van der Waals surface area contributed by atoms with Crippen LogP contribution in [0.25, 0.3) is 11.2 Å². The van der Waals surface area contributed by atoms with Crippen LogP contribution in [0.1, 0.15) is 12.8 Å². The zero-order valence-corrected chi connectivity index (χ0v) is 11.9. The number of amides is 1. The molecule has 2 heterocycles. The normalized spacial score (nSPS) is 14.5. The number of ether oxygens (including phenoxy) is 1. The summed E-state index contributed by atoms with van der Waals surface area (Å²) in [5.74, 6) is -0.130. The first kappa shape index (κ1) is 13.8. The molecule has 112 valence electrons. The molecular formula is C14H18N4O3. The number of nitrogens with zero attached hydrogens (tertiary/aromatic N) is 3. The summed E-state index contributed by atoms with van der Waals surface area (Å²) in [7, 11) is 1.58. The minimum atomic E-state index is -0.230. The van der Waals surface area contributed by atoms with E-state index in [0.29, 0.717) is 24.3 Å². The van der Waals surface area contributed by atoms with E-state index >= 15 is 0 Å². The maximum atomic E-state index is 12.5. The fourth-order valence-electron chi connectivity index (χ4n) is 2.33. The van der Waals surface area contributed by atoms with Gasteiger partial charge in [0.2, 0.25) is 5.91 Å². The monoisotopic (exact) mass is 290 g/mol. The quantitative estimate of drug-likeness (QED) is 0.820. The molecule has 0 spiro atoms. The van der Waals surface area contributed by atoms with Crippen molar-refractivity contribution in [3.63, 3.8) is 0 Å². The zero-order chi connectivity index (χ0) is 14.8. The molecule has 1 fully saturated rings. The summed E-state index contributed by atoms with van der Waals surface area (Å²) >= 11 is 0. The average molecular weight is 290 g/mol. The number of methoxy groups -OCH3 is 1. The van der Waals surface area contributed by atoms with Crippen molar-refractivity contribution in [1.82, 2.24) is 19.4 Å². The molecule has 2 aromatic rings. The molecule has 1 amide bonds. The molecule has 1 saturated carbocycles. The first-order valence-corrected chi connectivity index (χ1v) is 7.03. The first-order chi connectivity index (χ1) is 10.2. The second-order valence-corrected chi connectivity index (χ2v) is 5.20. The third-order valence-corrected chi connectivity index (χ3v) is 3.54. The lowest BCUT2D eigenvalue weighted by atomic mass is 10.4. The molecule has 21 heavy (non-hydrogen) atoms. The van der Waals surface area contributed by atoms with Gasteiger partial charge in [0.25, 0.3) is 0 Å². The van der Waals surface area contributed by atoms with Crippen LogP contribution in [-0.2, 0) is 22.6 Å². The van der Waals surface area contributed by atoms with Crippen LogP contribution in [0.3, 0.4) is 0 Å². The van der Waals surface area contributed by atoms with Crippen molar-refractivity contribution in [2.24, 2.45) is 0 Å². The Morgan fingerprint density at radius 1 is 1.48 bits per heavy atom. The van der Waals surface area contributed by atoms with Crippen LogP contribution in [0.5, 0.6) is 0 Å². The van der Waals surface area contributed by atoms with Gasteiger partial charge in [-0.3, -0.25) is 13.9 Å². The van der Waals surface area contributed by atoms with E-state index in [0.717, 1.165) is 12.8 Å². The number of carbonyl (C=O) groups excluding carboxylic acids is 1. The van der Waals surface area contributed by atoms with Crippen molar-refractivity contribution in [2.45, 2.75) is 32.0 Å². The number of rotatable bonds is 6. The number of pyridine rings is 1. The average Bonchev–Trinajstić information content (AvgIpc) is 3.25. The van der Waals surface area contributed by atoms with Gasteiger partial charge in [0.1, 0.15) is 6.54 Å². The topological polar surface area (TPSA) is 78.1 Å². The molecule has 1 N–H and O–H groups in total. The smallest absolute Gasteiger partial charge is 0.330 e. The molecule has 0 atom stereocenters. The van der Waals surface area contributed by atoms with E-state index in [4.69, 9.17) is 4.74 Å². The molecular weight excluding hydrogens is 272 g/mol. The van der Waals surface area contributed by atoms with Gasteiger partial charge in [-0.2, -0.15) is 0 Å². The van der Waals surface area contributed by atoms with Crippen LogP contribution in [-0.4, -0.2) is 39.8 Å². The number of nitrogens with one attached hydrogen (secondary N) is 1. The predicted octanol–water partition coefficient (Wildman–Crippen LogP) is 0.123. The van der Waals surface area contributed by atoms with Crippen molar-refractivity contribution in [2.75, 3.05) is 13.7 Å². The Bertz CT molecular complexity index is 715. The summed E-state index contributed by atoms with van der Waals surface area (Å²) < 4.78 is 8.04. The van der Waals surface area contributed by atoms with E-state index in [-0.39, 0.29) is 24.2 Å². The Morgan fingerprint density at radius 2 is 2.29 bits per heavy atom. The third kappa shape index (κ3) is 2.82. The Hall–Kier alpha value is -2.15. The highest BCUT2D eigenvalue weighted by atomic mass is 16.5. The molecule has 0 saturated heterocycles. The summed E-state index contributed by atoms with van der Waals surface area (Å²) in [6, 6.07) is 3.85. The van der Waals surface area contributed by atoms with Gasteiger partial charge < -0.3 is 10.1 Å². The van der Waals surface area contributed by atoms with E-state index in [9.17, 15) is 9.59 Å². The fraction of sp³-hybridized carbons (Fsp3) is 0.500. The van der Waals surface area contributed by atoms with E-state index in [1.807, 2.05) is 0 Å². The van der Waals surface area contributed by atoms with Gasteiger partial charge in [0, 0.05) is 19.3 Å². The zero-order valence-electron chi connectivity index (χ0n) is 11.9. The highest BCUT2D eigenvalue weighted by molar-refractivity contribution is 5.79. The highest BCUT2D eigenvalue weighted by Gasteiger charge is 2.24. The molecule has 0 aromatic carbocycles. The van der Waals surface area contributed by atoms with Crippen LogP contribution < -0.4 is 11.0 Å². The van der Waals surface area contributed by atoms with E-state index < -0.39 is 0 Å². The lowest BCUT2D eigenvalue weighted by molar-refractivity contribution is -0.121. The SMILES string of the molecule is COCCn1c(=O)n(CC(=O)NC2CC2)c2cccnc21. The van der Waals surface area contributed by atoms with E-state index in [2.05, 4.69) is 10.3 Å². The summed E-state index contributed by atoms with van der Waals surface area (Å²) in [6.45, 7) is 0.863. The maximum absolute atomic E-state index is 12.5. The molecule has 0 aliphatic heterocycles. The largest absolute Gasteiger partial charge is 0.383 e. The minimum absolute atomic E-state index is 0.0253. The van der Waals surface area contributed by atoms with Crippen molar-refractivity contribution in [3.05, 3.63) is 28.8 Å². The van der Waals surface area contributed by atoms with Gasteiger partial charge in [-0.15, -0.1) is 0 Å². The number of carbonyl (C=O) groups is 1. The Balaban J connectivity index is 1.94. The summed E-state index contributed by atoms with van der Waals surface area (Å²) in [5.41, 5.74) is 1.02. The molecule has 0 radical (unpaired) electrons. The molecule has 1 aliphatic rings. The fourth-order valence-corrected chi connectivity index (χ4v) is 2.33. The molecule has 7 heteroatoms. The van der Waals surface area contributed by atoms with Gasteiger partial charge in [-0.25, -0.2) is 9.78 Å². The van der Waals surface area contributed by atoms with Gasteiger partial charge in [0.05, 0.1) is 18.7 Å². The number of hydrogen-bond donors (Lipinski definition) is 1. The molecule has 0 bridgehead atoms. The third-order valence-electron chi connectivity index (χ3n) is 3.54. The molecule has 0 unspecified atom stereocenters. The van der Waals surface area contributed by atoms with Crippen LogP contribution >= 0.6 is 0 Å². The van der Waals surface area contributed by atoms with E-state index in [1.54, 1.807) is 30.0 Å². The van der Waals surface area contributed by atoms with E-state index in [1.165, 1.54) is 4.57 Å².